The van der Waals surface area contributed by atoms with Gasteiger partial charge in [-0.2, -0.15) is 5.10 Å². The van der Waals surface area contributed by atoms with Crippen LogP contribution >= 0.6 is 0 Å². The summed E-state index contributed by atoms with van der Waals surface area (Å²) in [6.45, 7) is 3.42. The molecular formula is C18H17FN4O. The Labute approximate surface area is 138 Å². The van der Waals surface area contributed by atoms with Crippen LogP contribution < -0.4 is 0 Å². The number of carbonyl (C=O) groups excluding carboxylic acids is 1. The molecule has 0 aliphatic carbocycles. The van der Waals surface area contributed by atoms with Crippen molar-refractivity contribution in [2.75, 3.05) is 6.54 Å². The maximum Gasteiger partial charge on any atom is 0.258 e. The van der Waals surface area contributed by atoms with Gasteiger partial charge in [0.25, 0.3) is 5.91 Å². The molecular weight excluding hydrogens is 307 g/mol. The van der Waals surface area contributed by atoms with Gasteiger partial charge in [0.1, 0.15) is 5.82 Å². The maximum atomic E-state index is 13.5. The predicted molar refractivity (Wildman–Crippen MR) is 87.9 cm³/mol. The molecule has 1 aliphatic rings. The Morgan fingerprint density at radius 3 is 3.00 bits per heavy atom. The second-order valence-electron chi connectivity index (χ2n) is 5.97. The Kier molecular flexibility index (Phi) is 3.45. The van der Waals surface area contributed by atoms with Crippen molar-refractivity contribution in [3.8, 4) is 11.3 Å². The van der Waals surface area contributed by atoms with Gasteiger partial charge in [-0.05, 0) is 31.2 Å². The van der Waals surface area contributed by atoms with E-state index in [0.29, 0.717) is 23.4 Å². The molecule has 0 fully saturated rings. The van der Waals surface area contributed by atoms with Crippen LogP contribution in [0.3, 0.4) is 0 Å². The van der Waals surface area contributed by atoms with E-state index in [0.717, 1.165) is 12.2 Å². The minimum absolute atomic E-state index is 0.0171. The topological polar surface area (TPSA) is 53.9 Å². The van der Waals surface area contributed by atoms with E-state index in [2.05, 4.69) is 14.8 Å². The third-order valence-corrected chi connectivity index (χ3v) is 4.59. The first-order valence-electron chi connectivity index (χ1n) is 7.90. The van der Waals surface area contributed by atoms with E-state index in [1.807, 2.05) is 30.2 Å². The molecule has 5 nitrogen and oxygen atoms in total. The van der Waals surface area contributed by atoms with Crippen molar-refractivity contribution in [2.45, 2.75) is 19.5 Å². The van der Waals surface area contributed by atoms with Gasteiger partial charge in [-0.15, -0.1) is 0 Å². The molecule has 0 bridgehead atoms. The predicted octanol–water partition coefficient (Wildman–Crippen LogP) is 3.23. The van der Waals surface area contributed by atoms with E-state index in [9.17, 15) is 9.18 Å². The van der Waals surface area contributed by atoms with Crippen LogP contribution in [0, 0.1) is 5.82 Å². The van der Waals surface area contributed by atoms with E-state index in [1.165, 1.54) is 18.3 Å². The summed E-state index contributed by atoms with van der Waals surface area (Å²) in [6, 6.07) is 10.2. The van der Waals surface area contributed by atoms with Crippen LogP contribution in [-0.2, 0) is 6.54 Å². The number of H-pyrrole nitrogens is 1. The van der Waals surface area contributed by atoms with Crippen LogP contribution in [0.4, 0.5) is 4.39 Å². The van der Waals surface area contributed by atoms with Gasteiger partial charge < -0.3 is 9.47 Å². The molecule has 0 saturated heterocycles. The molecule has 24 heavy (non-hydrogen) atoms. The third kappa shape index (κ3) is 2.31. The summed E-state index contributed by atoms with van der Waals surface area (Å²) < 4.78 is 15.7. The lowest BCUT2D eigenvalue weighted by Crippen LogP contribution is -2.40. The van der Waals surface area contributed by atoms with Gasteiger partial charge >= 0.3 is 0 Å². The summed E-state index contributed by atoms with van der Waals surface area (Å²) >= 11 is 0. The molecule has 1 amide bonds. The smallest absolute Gasteiger partial charge is 0.258 e. The summed E-state index contributed by atoms with van der Waals surface area (Å²) in [6.07, 6.45) is 3.55. The highest BCUT2D eigenvalue weighted by atomic mass is 19.1. The number of benzene rings is 1. The molecule has 3 heterocycles. The van der Waals surface area contributed by atoms with Crippen LogP contribution in [0.15, 0.2) is 48.8 Å². The zero-order valence-corrected chi connectivity index (χ0v) is 13.2. The van der Waals surface area contributed by atoms with E-state index in [1.54, 1.807) is 12.1 Å². The number of aromatic amines is 1. The molecule has 6 heteroatoms. The van der Waals surface area contributed by atoms with Crippen molar-refractivity contribution < 1.29 is 9.18 Å². The highest BCUT2D eigenvalue weighted by Gasteiger charge is 2.30. The zero-order chi connectivity index (χ0) is 16.7. The van der Waals surface area contributed by atoms with Crippen molar-refractivity contribution in [2.24, 2.45) is 0 Å². The molecule has 1 N–H and O–H groups in total. The van der Waals surface area contributed by atoms with Gasteiger partial charge in [-0.3, -0.25) is 9.89 Å². The van der Waals surface area contributed by atoms with Gasteiger partial charge in [0, 0.05) is 30.5 Å². The minimum atomic E-state index is -0.343. The highest BCUT2D eigenvalue weighted by Crippen LogP contribution is 2.29. The molecule has 0 spiro atoms. The molecule has 1 atom stereocenters. The fraction of sp³-hybridized carbons (Fsp3) is 0.222. The molecule has 3 aromatic rings. The number of nitrogens with one attached hydrogen (secondary N) is 1. The lowest BCUT2D eigenvalue weighted by Gasteiger charge is -2.34. The molecule has 0 saturated carbocycles. The van der Waals surface area contributed by atoms with Crippen LogP contribution in [0.2, 0.25) is 0 Å². The summed E-state index contributed by atoms with van der Waals surface area (Å²) in [5.41, 5.74) is 2.74. The Morgan fingerprint density at radius 1 is 1.29 bits per heavy atom. The van der Waals surface area contributed by atoms with Gasteiger partial charge in [0.2, 0.25) is 0 Å². The van der Waals surface area contributed by atoms with Crippen molar-refractivity contribution in [1.82, 2.24) is 19.7 Å². The summed E-state index contributed by atoms with van der Waals surface area (Å²) in [5.74, 6) is -0.437. The van der Waals surface area contributed by atoms with E-state index >= 15 is 0 Å². The monoisotopic (exact) mass is 324 g/mol. The SMILES string of the molecule is CC1c2cccn2CCN1C(=O)c1cn[nH]c1-c1cccc(F)c1. The van der Waals surface area contributed by atoms with Crippen LogP contribution in [-0.4, -0.2) is 32.1 Å². The van der Waals surface area contributed by atoms with Gasteiger partial charge in [-0.1, -0.05) is 12.1 Å². The number of hydrogen-bond donors (Lipinski definition) is 1. The number of aromatic nitrogens is 3. The number of carbonyl (C=O) groups is 1. The van der Waals surface area contributed by atoms with E-state index in [-0.39, 0.29) is 17.8 Å². The lowest BCUT2D eigenvalue weighted by atomic mass is 10.1. The first-order valence-corrected chi connectivity index (χ1v) is 7.90. The molecule has 1 aliphatic heterocycles. The Hall–Kier alpha value is -2.89. The highest BCUT2D eigenvalue weighted by molar-refractivity contribution is 6.00. The largest absolute Gasteiger partial charge is 0.348 e. The standard InChI is InChI=1S/C18H17FN4O/c1-12-16-6-3-7-22(16)8-9-23(12)18(24)15-11-20-21-17(15)13-4-2-5-14(19)10-13/h2-7,10-12H,8-9H2,1H3,(H,20,21). The fourth-order valence-electron chi connectivity index (χ4n) is 3.32. The molecule has 122 valence electrons. The van der Waals surface area contributed by atoms with Crippen LogP contribution in [0.1, 0.15) is 29.0 Å². The van der Waals surface area contributed by atoms with Crippen molar-refractivity contribution in [1.29, 1.82) is 0 Å². The maximum absolute atomic E-state index is 13.5. The fourth-order valence-corrected chi connectivity index (χ4v) is 3.32. The third-order valence-electron chi connectivity index (χ3n) is 4.59. The second kappa shape index (κ2) is 5.63. The zero-order valence-electron chi connectivity index (χ0n) is 13.2. The number of fused-ring (bicyclic) bond motifs is 1. The van der Waals surface area contributed by atoms with Gasteiger partial charge in [0.05, 0.1) is 23.5 Å². The van der Waals surface area contributed by atoms with Gasteiger partial charge in [0.15, 0.2) is 0 Å². The number of nitrogens with zero attached hydrogens (tertiary/aromatic N) is 3. The first-order chi connectivity index (χ1) is 11.6. The summed E-state index contributed by atoms with van der Waals surface area (Å²) in [5, 5.41) is 6.83. The van der Waals surface area contributed by atoms with Crippen LogP contribution in [0.5, 0.6) is 0 Å². The average molecular weight is 324 g/mol. The second-order valence-corrected chi connectivity index (χ2v) is 5.97. The number of amides is 1. The quantitative estimate of drug-likeness (QED) is 0.787. The molecule has 4 rings (SSSR count). The lowest BCUT2D eigenvalue weighted by molar-refractivity contribution is 0.0645. The summed E-state index contributed by atoms with van der Waals surface area (Å²) in [7, 11) is 0. The van der Waals surface area contributed by atoms with Crippen LogP contribution in [0.25, 0.3) is 11.3 Å². The normalized spacial score (nSPS) is 16.9. The van der Waals surface area contributed by atoms with Crippen molar-refractivity contribution >= 4 is 5.91 Å². The number of hydrogen-bond acceptors (Lipinski definition) is 2. The van der Waals surface area contributed by atoms with Crippen molar-refractivity contribution in [3.05, 3.63) is 65.9 Å². The van der Waals surface area contributed by atoms with Crippen molar-refractivity contribution in [3.63, 3.8) is 0 Å². The molecule has 2 aromatic heterocycles. The number of rotatable bonds is 2. The molecule has 0 radical (unpaired) electrons. The molecule has 1 aromatic carbocycles. The summed E-state index contributed by atoms with van der Waals surface area (Å²) in [4.78, 5) is 14.9. The number of halogens is 1. The average Bonchev–Trinajstić information content (AvgIpc) is 3.24. The minimum Gasteiger partial charge on any atom is -0.348 e. The Bertz CT molecular complexity index is 898. The van der Waals surface area contributed by atoms with E-state index in [4.69, 9.17) is 0 Å². The molecule has 1 unspecified atom stereocenters. The first kappa shape index (κ1) is 14.7. The van der Waals surface area contributed by atoms with E-state index < -0.39 is 0 Å². The Morgan fingerprint density at radius 2 is 2.17 bits per heavy atom. The van der Waals surface area contributed by atoms with Gasteiger partial charge in [-0.25, -0.2) is 4.39 Å². The Balaban J connectivity index is 1.68.